The highest BCUT2D eigenvalue weighted by Crippen LogP contribution is 2.37. The molecule has 0 fully saturated rings. The molecule has 180 valence electrons. The second-order valence-electron chi connectivity index (χ2n) is 5.68. The number of hydrogen-bond acceptors (Lipinski definition) is 12. The summed E-state index contributed by atoms with van der Waals surface area (Å²) in [6, 6.07) is 0. The molecule has 0 amide bonds. The van der Waals surface area contributed by atoms with Gasteiger partial charge >= 0.3 is 17.2 Å². The standard InChI is InChI=1S/C15H32O6.2H3O3P/c1-4-7-9-20-15(19-6-3,21-10-8-5-2)14(11-16,12-17)13-18;2*1-4(2)3/h16-18H,4-13H2,1-3H3;2*1-3H. The van der Waals surface area contributed by atoms with Gasteiger partial charge in [-0.05, 0) is 19.8 Å². The van der Waals surface area contributed by atoms with Crippen molar-refractivity contribution in [1.82, 2.24) is 0 Å². The van der Waals surface area contributed by atoms with Crippen molar-refractivity contribution in [2.75, 3.05) is 39.6 Å². The molecule has 29 heavy (non-hydrogen) atoms. The van der Waals surface area contributed by atoms with Crippen molar-refractivity contribution in [1.29, 1.82) is 0 Å². The van der Waals surface area contributed by atoms with E-state index < -0.39 is 48.4 Å². The first-order chi connectivity index (χ1) is 13.6. The average molecular weight is 472 g/mol. The number of rotatable bonds is 14. The first-order valence-electron chi connectivity index (χ1n) is 9.06. The Morgan fingerprint density at radius 2 is 0.931 bits per heavy atom. The zero-order valence-electron chi connectivity index (χ0n) is 17.2. The van der Waals surface area contributed by atoms with E-state index in [2.05, 4.69) is 0 Å². The van der Waals surface area contributed by atoms with Crippen LogP contribution < -0.4 is 0 Å². The van der Waals surface area contributed by atoms with Gasteiger partial charge < -0.3 is 58.9 Å². The summed E-state index contributed by atoms with van der Waals surface area (Å²) < 4.78 is 17.2. The van der Waals surface area contributed by atoms with Crippen LogP contribution in [0.3, 0.4) is 0 Å². The van der Waals surface area contributed by atoms with E-state index in [1.165, 1.54) is 0 Å². The maximum atomic E-state index is 9.69. The first kappa shape index (κ1) is 34.0. The zero-order chi connectivity index (χ0) is 23.3. The van der Waals surface area contributed by atoms with Crippen LogP contribution >= 0.6 is 17.2 Å². The molecular weight excluding hydrogens is 434 g/mol. The first-order valence-corrected chi connectivity index (χ1v) is 11.5. The van der Waals surface area contributed by atoms with E-state index in [1.807, 2.05) is 13.8 Å². The average Bonchev–Trinajstić information content (AvgIpc) is 2.63. The quantitative estimate of drug-likeness (QED) is 0.0903. The monoisotopic (exact) mass is 472 g/mol. The minimum Gasteiger partial charge on any atom is -0.395 e. The molecule has 0 aliphatic carbocycles. The van der Waals surface area contributed by atoms with Gasteiger partial charge in [0.05, 0.1) is 33.0 Å². The Bertz CT molecular complexity index is 303. The van der Waals surface area contributed by atoms with Crippen molar-refractivity contribution in [2.45, 2.75) is 52.4 Å². The number of hydrogen-bond donors (Lipinski definition) is 9. The van der Waals surface area contributed by atoms with Crippen molar-refractivity contribution in [3.05, 3.63) is 0 Å². The van der Waals surface area contributed by atoms with E-state index in [9.17, 15) is 15.3 Å². The smallest absolute Gasteiger partial charge is 0.324 e. The minimum absolute atomic E-state index is 0.278. The summed E-state index contributed by atoms with van der Waals surface area (Å²) in [5, 5.41) is 29.1. The summed E-state index contributed by atoms with van der Waals surface area (Å²) in [6.07, 6.45) is 3.46. The maximum absolute atomic E-state index is 9.69. The van der Waals surface area contributed by atoms with Crippen LogP contribution in [0.5, 0.6) is 0 Å². The molecule has 0 radical (unpaired) electrons. The van der Waals surface area contributed by atoms with Crippen LogP contribution in [0.2, 0.25) is 0 Å². The predicted molar refractivity (Wildman–Crippen MR) is 107 cm³/mol. The summed E-state index contributed by atoms with van der Waals surface area (Å²) in [5.41, 5.74) is -1.41. The molecule has 0 aromatic heterocycles. The number of aliphatic hydroxyl groups is 3. The highest BCUT2D eigenvalue weighted by atomic mass is 31.2. The molecule has 0 spiro atoms. The molecule has 0 saturated carbocycles. The van der Waals surface area contributed by atoms with Crippen molar-refractivity contribution in [3.63, 3.8) is 0 Å². The van der Waals surface area contributed by atoms with Gasteiger partial charge in [0.1, 0.15) is 5.41 Å². The largest absolute Gasteiger partial charge is 0.395 e. The van der Waals surface area contributed by atoms with E-state index in [-0.39, 0.29) is 6.61 Å². The molecule has 0 aliphatic heterocycles. The van der Waals surface area contributed by atoms with Crippen molar-refractivity contribution in [3.8, 4) is 0 Å². The summed E-state index contributed by atoms with van der Waals surface area (Å²) in [4.78, 5) is 43.4. The van der Waals surface area contributed by atoms with Crippen LogP contribution in [0, 0.1) is 5.41 Å². The van der Waals surface area contributed by atoms with Gasteiger partial charge in [0.15, 0.2) is 0 Å². The van der Waals surface area contributed by atoms with Crippen LogP contribution in [0.15, 0.2) is 0 Å². The van der Waals surface area contributed by atoms with E-state index in [4.69, 9.17) is 43.6 Å². The molecule has 0 aliphatic rings. The van der Waals surface area contributed by atoms with Crippen molar-refractivity contribution < 1.29 is 58.9 Å². The summed E-state index contributed by atoms with van der Waals surface area (Å²) in [7, 11) is -5.24. The molecule has 9 N–H and O–H groups in total. The fourth-order valence-corrected chi connectivity index (χ4v) is 1.92. The van der Waals surface area contributed by atoms with Gasteiger partial charge in [-0.1, -0.05) is 26.7 Å². The molecule has 0 heterocycles. The van der Waals surface area contributed by atoms with Crippen LogP contribution in [0.1, 0.15) is 46.5 Å². The molecule has 0 saturated heterocycles. The van der Waals surface area contributed by atoms with Crippen molar-refractivity contribution in [2.24, 2.45) is 5.41 Å². The Hall–Kier alpha value is 0.380. The lowest BCUT2D eigenvalue weighted by Gasteiger charge is -2.45. The molecule has 0 unspecified atom stereocenters. The van der Waals surface area contributed by atoms with Gasteiger partial charge in [-0.25, -0.2) is 0 Å². The Morgan fingerprint density at radius 3 is 1.14 bits per heavy atom. The molecule has 0 bridgehead atoms. The van der Waals surface area contributed by atoms with Crippen LogP contribution in [-0.4, -0.2) is 90.3 Å². The number of unbranched alkanes of at least 4 members (excludes halogenated alkanes) is 2. The fraction of sp³-hybridized carbons (Fsp3) is 1.00. The van der Waals surface area contributed by atoms with Gasteiger partial charge in [0.2, 0.25) is 0 Å². The lowest BCUT2D eigenvalue weighted by molar-refractivity contribution is -0.440. The normalized spacial score (nSPS) is 11.8. The topological polar surface area (TPSA) is 210 Å². The summed E-state index contributed by atoms with van der Waals surface area (Å²) in [5.74, 6) is -1.63. The van der Waals surface area contributed by atoms with Crippen LogP contribution in [0.25, 0.3) is 0 Å². The lowest BCUT2D eigenvalue weighted by atomic mass is 9.87. The third kappa shape index (κ3) is 16.7. The van der Waals surface area contributed by atoms with Gasteiger partial charge in [-0.15, -0.1) is 0 Å². The van der Waals surface area contributed by atoms with Crippen molar-refractivity contribution >= 4 is 17.2 Å². The minimum atomic E-state index is -2.62. The Labute approximate surface area is 174 Å². The van der Waals surface area contributed by atoms with Gasteiger partial charge in [-0.2, -0.15) is 0 Å². The van der Waals surface area contributed by atoms with E-state index in [0.717, 1.165) is 25.7 Å². The fourth-order valence-electron chi connectivity index (χ4n) is 1.92. The number of ether oxygens (including phenoxy) is 3. The van der Waals surface area contributed by atoms with E-state index in [1.54, 1.807) is 6.92 Å². The van der Waals surface area contributed by atoms with Crippen LogP contribution in [-0.2, 0) is 14.2 Å². The molecule has 14 heteroatoms. The molecule has 0 rings (SSSR count). The highest BCUT2D eigenvalue weighted by molar-refractivity contribution is 7.38. The molecule has 0 aromatic carbocycles. The third-order valence-corrected chi connectivity index (χ3v) is 3.47. The van der Waals surface area contributed by atoms with Gasteiger partial charge in [0.25, 0.3) is 5.97 Å². The predicted octanol–water partition coefficient (Wildman–Crippen LogP) is -0.346. The number of aliphatic hydroxyl groups excluding tert-OH is 3. The second kappa shape index (κ2) is 21.6. The molecule has 0 atom stereocenters. The van der Waals surface area contributed by atoms with Crippen LogP contribution in [0.4, 0.5) is 0 Å². The van der Waals surface area contributed by atoms with Gasteiger partial charge in [-0.3, -0.25) is 0 Å². The van der Waals surface area contributed by atoms with Gasteiger partial charge in [0, 0.05) is 6.61 Å². The Balaban J connectivity index is -0.000000712. The molecular formula is C15H38O12P2. The van der Waals surface area contributed by atoms with E-state index >= 15 is 0 Å². The highest BCUT2D eigenvalue weighted by Gasteiger charge is 2.55. The van der Waals surface area contributed by atoms with E-state index in [0.29, 0.717) is 13.2 Å². The summed E-state index contributed by atoms with van der Waals surface area (Å²) >= 11 is 0. The second-order valence-corrected chi connectivity index (χ2v) is 6.76. The molecule has 0 aromatic rings. The Kier molecular flexibility index (Phi) is 25.3. The zero-order valence-corrected chi connectivity index (χ0v) is 19.0. The SMILES string of the molecule is CCCCOC(OCC)(OCCCC)C(CO)(CO)CO.OP(O)O.OP(O)O. The molecule has 12 nitrogen and oxygen atoms in total. The maximum Gasteiger partial charge on any atom is 0.324 e. The third-order valence-electron chi connectivity index (χ3n) is 3.47. The Morgan fingerprint density at radius 1 is 0.621 bits per heavy atom. The lowest BCUT2D eigenvalue weighted by Crippen LogP contribution is -2.60. The summed E-state index contributed by atoms with van der Waals surface area (Å²) in [6.45, 7) is 5.34.